The van der Waals surface area contributed by atoms with E-state index < -0.39 is 0 Å². The maximum absolute atomic E-state index is 8.97. The van der Waals surface area contributed by atoms with Crippen molar-refractivity contribution >= 4 is 5.69 Å². The third-order valence-electron chi connectivity index (χ3n) is 3.37. The van der Waals surface area contributed by atoms with Gasteiger partial charge in [0.2, 0.25) is 0 Å². The molecule has 1 saturated heterocycles. The Kier molecular flexibility index (Phi) is 4.57. The molecule has 1 fully saturated rings. The Morgan fingerprint density at radius 3 is 2.56 bits per heavy atom. The first-order valence-electron chi connectivity index (χ1n) is 6.42. The van der Waals surface area contributed by atoms with Crippen LogP contribution in [-0.4, -0.2) is 49.3 Å². The van der Waals surface area contributed by atoms with Gasteiger partial charge in [-0.1, -0.05) is 0 Å². The molecule has 0 saturated carbocycles. The predicted octanol–water partition coefficient (Wildman–Crippen LogP) is 1.06. The van der Waals surface area contributed by atoms with Crippen molar-refractivity contribution in [3.05, 3.63) is 29.8 Å². The SMILES string of the molecule is N#Cc1ccc(N2CCCN(CCO)CC2)cc1. The highest BCUT2D eigenvalue weighted by Gasteiger charge is 2.14. The van der Waals surface area contributed by atoms with E-state index in [1.807, 2.05) is 24.3 Å². The molecule has 4 nitrogen and oxygen atoms in total. The van der Waals surface area contributed by atoms with Gasteiger partial charge in [-0.25, -0.2) is 0 Å². The quantitative estimate of drug-likeness (QED) is 0.865. The van der Waals surface area contributed by atoms with E-state index in [4.69, 9.17) is 10.4 Å². The molecule has 0 amide bonds. The van der Waals surface area contributed by atoms with Crippen LogP contribution in [0.4, 0.5) is 5.69 Å². The molecule has 2 rings (SSSR count). The van der Waals surface area contributed by atoms with Crippen molar-refractivity contribution in [2.75, 3.05) is 44.2 Å². The van der Waals surface area contributed by atoms with Gasteiger partial charge < -0.3 is 10.0 Å². The summed E-state index contributed by atoms with van der Waals surface area (Å²) in [5, 5.41) is 17.7. The molecule has 0 atom stereocenters. The molecule has 0 unspecified atom stereocenters. The van der Waals surface area contributed by atoms with Gasteiger partial charge in [-0.3, -0.25) is 4.90 Å². The van der Waals surface area contributed by atoms with E-state index in [-0.39, 0.29) is 6.61 Å². The number of nitriles is 1. The van der Waals surface area contributed by atoms with Crippen LogP contribution < -0.4 is 4.90 Å². The molecule has 18 heavy (non-hydrogen) atoms. The Bertz CT molecular complexity index is 410. The molecule has 1 aromatic rings. The average Bonchev–Trinajstić information content (AvgIpc) is 2.65. The molecule has 1 N–H and O–H groups in total. The van der Waals surface area contributed by atoms with Crippen LogP contribution >= 0.6 is 0 Å². The molecule has 1 heterocycles. The van der Waals surface area contributed by atoms with Gasteiger partial charge in [0, 0.05) is 31.9 Å². The Hall–Kier alpha value is -1.57. The third-order valence-corrected chi connectivity index (χ3v) is 3.37. The van der Waals surface area contributed by atoms with Crippen LogP contribution in [-0.2, 0) is 0 Å². The molecule has 96 valence electrons. The third kappa shape index (κ3) is 3.22. The lowest BCUT2D eigenvalue weighted by atomic mass is 10.2. The van der Waals surface area contributed by atoms with Gasteiger partial charge in [-0.2, -0.15) is 5.26 Å². The first kappa shape index (κ1) is 12.9. The van der Waals surface area contributed by atoms with Gasteiger partial charge in [0.05, 0.1) is 18.2 Å². The molecule has 0 bridgehead atoms. The molecule has 0 spiro atoms. The standard InChI is InChI=1S/C14H19N3O/c15-12-13-2-4-14(5-3-13)17-7-1-6-16(8-9-17)10-11-18/h2-5,18H,1,6-11H2. The summed E-state index contributed by atoms with van der Waals surface area (Å²) in [4.78, 5) is 4.64. The van der Waals surface area contributed by atoms with Crippen molar-refractivity contribution < 1.29 is 5.11 Å². The summed E-state index contributed by atoms with van der Waals surface area (Å²) in [5.41, 5.74) is 1.88. The van der Waals surface area contributed by atoms with Crippen LogP contribution in [0.25, 0.3) is 0 Å². The number of β-amino-alcohol motifs (C(OH)–C–C–N with tert-alkyl or cyclic N) is 1. The van der Waals surface area contributed by atoms with Gasteiger partial charge in [0.25, 0.3) is 0 Å². The Labute approximate surface area is 108 Å². The fourth-order valence-corrected chi connectivity index (χ4v) is 2.34. The average molecular weight is 245 g/mol. The number of anilines is 1. The van der Waals surface area contributed by atoms with Crippen molar-refractivity contribution in [2.45, 2.75) is 6.42 Å². The zero-order valence-corrected chi connectivity index (χ0v) is 10.5. The minimum Gasteiger partial charge on any atom is -0.395 e. The first-order chi connectivity index (χ1) is 8.83. The molecule has 0 radical (unpaired) electrons. The summed E-state index contributed by atoms with van der Waals surface area (Å²) in [7, 11) is 0. The largest absolute Gasteiger partial charge is 0.395 e. The second kappa shape index (κ2) is 6.39. The zero-order valence-electron chi connectivity index (χ0n) is 10.5. The Morgan fingerprint density at radius 1 is 1.11 bits per heavy atom. The van der Waals surface area contributed by atoms with E-state index in [9.17, 15) is 0 Å². The van der Waals surface area contributed by atoms with Crippen LogP contribution in [0.1, 0.15) is 12.0 Å². The first-order valence-corrected chi connectivity index (χ1v) is 6.42. The van der Waals surface area contributed by atoms with Crippen LogP contribution in [0.5, 0.6) is 0 Å². The van der Waals surface area contributed by atoms with E-state index in [0.29, 0.717) is 5.56 Å². The Morgan fingerprint density at radius 2 is 1.89 bits per heavy atom. The maximum Gasteiger partial charge on any atom is 0.0991 e. The van der Waals surface area contributed by atoms with Gasteiger partial charge in [-0.05, 0) is 37.2 Å². The van der Waals surface area contributed by atoms with Crippen molar-refractivity contribution in [3.63, 3.8) is 0 Å². The minimum atomic E-state index is 0.233. The molecule has 4 heteroatoms. The molecule has 1 aliphatic rings. The summed E-state index contributed by atoms with van der Waals surface area (Å²) in [6, 6.07) is 9.90. The van der Waals surface area contributed by atoms with Gasteiger partial charge >= 0.3 is 0 Å². The summed E-state index contributed by atoms with van der Waals surface area (Å²) >= 11 is 0. The lowest BCUT2D eigenvalue weighted by molar-refractivity contribution is 0.204. The van der Waals surface area contributed by atoms with Crippen molar-refractivity contribution in [1.29, 1.82) is 5.26 Å². The molecular weight excluding hydrogens is 226 g/mol. The predicted molar refractivity (Wildman–Crippen MR) is 71.5 cm³/mol. The maximum atomic E-state index is 8.97. The Balaban J connectivity index is 1.98. The van der Waals surface area contributed by atoms with Crippen LogP contribution in [0.15, 0.2) is 24.3 Å². The van der Waals surface area contributed by atoms with Crippen LogP contribution in [0, 0.1) is 11.3 Å². The van der Waals surface area contributed by atoms with Crippen molar-refractivity contribution in [2.24, 2.45) is 0 Å². The lowest BCUT2D eigenvalue weighted by Crippen LogP contribution is -2.32. The number of nitrogens with zero attached hydrogens (tertiary/aromatic N) is 3. The number of aliphatic hydroxyl groups excluding tert-OH is 1. The number of rotatable bonds is 3. The van der Waals surface area contributed by atoms with Crippen molar-refractivity contribution in [3.8, 4) is 6.07 Å². The number of hydrogen-bond donors (Lipinski definition) is 1. The van der Waals surface area contributed by atoms with Crippen molar-refractivity contribution in [1.82, 2.24) is 4.90 Å². The van der Waals surface area contributed by atoms with Gasteiger partial charge in [0.1, 0.15) is 0 Å². The number of hydrogen-bond acceptors (Lipinski definition) is 4. The van der Waals surface area contributed by atoms with E-state index >= 15 is 0 Å². The van der Waals surface area contributed by atoms with Crippen LogP contribution in [0.2, 0.25) is 0 Å². The van der Waals surface area contributed by atoms with Crippen LogP contribution in [0.3, 0.4) is 0 Å². The molecule has 1 aromatic carbocycles. The monoisotopic (exact) mass is 245 g/mol. The molecular formula is C14H19N3O. The van der Waals surface area contributed by atoms with Gasteiger partial charge in [-0.15, -0.1) is 0 Å². The second-order valence-electron chi connectivity index (χ2n) is 4.56. The summed E-state index contributed by atoms with van der Waals surface area (Å²) in [5.74, 6) is 0. The topological polar surface area (TPSA) is 50.5 Å². The molecule has 0 aliphatic carbocycles. The number of benzene rings is 1. The fourth-order valence-electron chi connectivity index (χ4n) is 2.34. The highest BCUT2D eigenvalue weighted by molar-refractivity contribution is 5.49. The van der Waals surface area contributed by atoms with E-state index in [0.717, 1.165) is 39.1 Å². The minimum absolute atomic E-state index is 0.233. The number of aliphatic hydroxyl groups is 1. The lowest BCUT2D eigenvalue weighted by Gasteiger charge is -2.23. The molecule has 1 aliphatic heterocycles. The fraction of sp³-hybridized carbons (Fsp3) is 0.500. The summed E-state index contributed by atoms with van der Waals surface area (Å²) in [6.45, 7) is 5.05. The highest BCUT2D eigenvalue weighted by atomic mass is 16.3. The molecule has 0 aromatic heterocycles. The van der Waals surface area contributed by atoms with E-state index in [2.05, 4.69) is 15.9 Å². The van der Waals surface area contributed by atoms with E-state index in [1.165, 1.54) is 5.69 Å². The summed E-state index contributed by atoms with van der Waals surface area (Å²) in [6.07, 6.45) is 1.11. The highest BCUT2D eigenvalue weighted by Crippen LogP contribution is 2.17. The second-order valence-corrected chi connectivity index (χ2v) is 4.56. The smallest absolute Gasteiger partial charge is 0.0991 e. The normalized spacial score (nSPS) is 17.2. The summed E-state index contributed by atoms with van der Waals surface area (Å²) < 4.78 is 0. The van der Waals surface area contributed by atoms with Gasteiger partial charge in [0.15, 0.2) is 0 Å². The zero-order chi connectivity index (χ0) is 12.8. The van der Waals surface area contributed by atoms with E-state index in [1.54, 1.807) is 0 Å².